The molecule has 0 spiro atoms. The van der Waals surface area contributed by atoms with Gasteiger partial charge in [-0.1, -0.05) is 18.7 Å². The number of carbonyl (C=O) groups is 3. The first-order valence-electron chi connectivity index (χ1n) is 9.57. The molecule has 3 rings (SSSR count). The maximum absolute atomic E-state index is 12.6. The smallest absolute Gasteiger partial charge is 0.294 e. The second-order valence-corrected chi connectivity index (χ2v) is 7.71. The Hall–Kier alpha value is -2.78. The number of thioether (sulfide) groups is 1. The number of nitrogens with zero attached hydrogens (tertiary/aromatic N) is 1. The molecule has 160 valence electrons. The molecule has 30 heavy (non-hydrogen) atoms. The average Bonchev–Trinajstić information content (AvgIpc) is 3.35. The second kappa shape index (κ2) is 10.3. The van der Waals surface area contributed by atoms with Crippen LogP contribution in [0, 0.1) is 0 Å². The van der Waals surface area contributed by atoms with Gasteiger partial charge in [0.05, 0.1) is 18.1 Å². The number of ether oxygens (including phenoxy) is 3. The minimum Gasteiger partial charge on any atom is -0.493 e. The van der Waals surface area contributed by atoms with Gasteiger partial charge in [-0.15, -0.1) is 0 Å². The third-order valence-corrected chi connectivity index (χ3v) is 5.48. The van der Waals surface area contributed by atoms with Gasteiger partial charge >= 0.3 is 0 Å². The van der Waals surface area contributed by atoms with Crippen LogP contribution < -0.4 is 14.8 Å². The molecule has 0 bridgehead atoms. The SMILES string of the molecule is C=CCOc1ccc(/C=C2\SC(=O)N(CC(=O)NC[C@H]3CCCO3)C2=O)cc1OC. The zero-order chi connectivity index (χ0) is 21.5. The van der Waals surface area contributed by atoms with E-state index in [0.717, 1.165) is 29.5 Å². The molecule has 2 aliphatic heterocycles. The van der Waals surface area contributed by atoms with Crippen LogP contribution in [0.2, 0.25) is 0 Å². The van der Waals surface area contributed by atoms with Crippen LogP contribution in [-0.4, -0.2) is 61.5 Å². The normalized spacial score (nSPS) is 20.0. The fourth-order valence-electron chi connectivity index (χ4n) is 3.06. The summed E-state index contributed by atoms with van der Waals surface area (Å²) in [5, 5.41) is 2.24. The van der Waals surface area contributed by atoms with Crippen LogP contribution in [0.5, 0.6) is 11.5 Å². The fourth-order valence-corrected chi connectivity index (χ4v) is 3.90. The first kappa shape index (κ1) is 21.9. The lowest BCUT2D eigenvalue weighted by Gasteiger charge is -2.14. The van der Waals surface area contributed by atoms with E-state index in [0.29, 0.717) is 36.8 Å². The van der Waals surface area contributed by atoms with Gasteiger partial charge < -0.3 is 19.5 Å². The van der Waals surface area contributed by atoms with Crippen molar-refractivity contribution >= 4 is 34.9 Å². The monoisotopic (exact) mass is 432 g/mol. The van der Waals surface area contributed by atoms with Crippen LogP contribution in [0.1, 0.15) is 18.4 Å². The van der Waals surface area contributed by atoms with Gasteiger partial charge in [-0.3, -0.25) is 19.3 Å². The zero-order valence-corrected chi connectivity index (χ0v) is 17.5. The van der Waals surface area contributed by atoms with Gasteiger partial charge in [-0.25, -0.2) is 0 Å². The number of carbonyl (C=O) groups excluding carboxylic acids is 3. The maximum Gasteiger partial charge on any atom is 0.294 e. The van der Waals surface area contributed by atoms with E-state index < -0.39 is 11.1 Å². The first-order valence-corrected chi connectivity index (χ1v) is 10.4. The molecule has 0 aromatic heterocycles. The lowest BCUT2D eigenvalue weighted by atomic mass is 10.2. The number of rotatable bonds is 9. The summed E-state index contributed by atoms with van der Waals surface area (Å²) in [6, 6.07) is 5.18. The first-order chi connectivity index (χ1) is 14.5. The Morgan fingerprint density at radius 1 is 1.40 bits per heavy atom. The lowest BCUT2D eigenvalue weighted by molar-refractivity contribution is -0.129. The molecule has 2 fully saturated rings. The van der Waals surface area contributed by atoms with Crippen LogP contribution >= 0.6 is 11.8 Å². The predicted octanol–water partition coefficient (Wildman–Crippen LogP) is 2.59. The summed E-state index contributed by atoms with van der Waals surface area (Å²) in [4.78, 5) is 38.2. The lowest BCUT2D eigenvalue weighted by Crippen LogP contribution is -2.41. The van der Waals surface area contributed by atoms with E-state index in [9.17, 15) is 14.4 Å². The Morgan fingerprint density at radius 2 is 2.23 bits per heavy atom. The molecule has 1 aromatic rings. The van der Waals surface area contributed by atoms with Crippen LogP contribution in [-0.2, 0) is 14.3 Å². The third kappa shape index (κ3) is 5.43. The van der Waals surface area contributed by atoms with Gasteiger partial charge in [-0.2, -0.15) is 0 Å². The molecular weight excluding hydrogens is 408 g/mol. The molecule has 1 atom stereocenters. The predicted molar refractivity (Wildman–Crippen MR) is 113 cm³/mol. The average molecular weight is 432 g/mol. The van der Waals surface area contributed by atoms with Crippen molar-refractivity contribution in [3.8, 4) is 11.5 Å². The van der Waals surface area contributed by atoms with E-state index in [2.05, 4.69) is 11.9 Å². The Kier molecular flexibility index (Phi) is 7.53. The van der Waals surface area contributed by atoms with Crippen LogP contribution in [0.3, 0.4) is 0 Å². The van der Waals surface area contributed by atoms with Crippen molar-refractivity contribution in [2.45, 2.75) is 18.9 Å². The molecule has 8 nitrogen and oxygen atoms in total. The standard InChI is InChI=1S/C21H24N2O6S/c1-3-8-29-16-7-6-14(10-17(16)27-2)11-18-20(25)23(21(26)30-18)13-19(24)22-12-15-5-4-9-28-15/h3,6-7,10-11,15H,1,4-5,8-9,12-13H2,2H3,(H,22,24)/b18-11-/t15-/m1/s1. The summed E-state index contributed by atoms with van der Waals surface area (Å²) in [5.41, 5.74) is 0.672. The van der Waals surface area contributed by atoms with Crippen molar-refractivity contribution in [2.24, 2.45) is 0 Å². The molecule has 0 unspecified atom stereocenters. The van der Waals surface area contributed by atoms with E-state index in [1.807, 2.05) is 0 Å². The summed E-state index contributed by atoms with van der Waals surface area (Å²) in [6.07, 6.45) is 5.08. The van der Waals surface area contributed by atoms with E-state index in [-0.39, 0.29) is 23.5 Å². The molecular formula is C21H24N2O6S. The molecule has 0 saturated carbocycles. The summed E-state index contributed by atoms with van der Waals surface area (Å²) in [7, 11) is 1.52. The number of benzene rings is 1. The molecule has 9 heteroatoms. The Labute approximate surface area is 179 Å². The van der Waals surface area contributed by atoms with Gasteiger partial charge in [0.1, 0.15) is 13.2 Å². The van der Waals surface area contributed by atoms with Crippen molar-refractivity contribution in [1.29, 1.82) is 0 Å². The number of hydrogen-bond acceptors (Lipinski definition) is 7. The van der Waals surface area contributed by atoms with Crippen molar-refractivity contribution in [1.82, 2.24) is 10.2 Å². The molecule has 0 aliphatic carbocycles. The van der Waals surface area contributed by atoms with Gasteiger partial charge in [0, 0.05) is 13.2 Å². The van der Waals surface area contributed by atoms with E-state index >= 15 is 0 Å². The summed E-state index contributed by atoms with van der Waals surface area (Å²) < 4.78 is 16.3. The van der Waals surface area contributed by atoms with Crippen LogP contribution in [0.4, 0.5) is 4.79 Å². The Balaban J connectivity index is 1.63. The maximum atomic E-state index is 12.6. The zero-order valence-electron chi connectivity index (χ0n) is 16.7. The number of methoxy groups -OCH3 is 1. The van der Waals surface area contributed by atoms with Crippen molar-refractivity contribution in [2.75, 3.05) is 33.4 Å². The van der Waals surface area contributed by atoms with E-state index in [4.69, 9.17) is 14.2 Å². The number of amides is 3. The summed E-state index contributed by atoms with van der Waals surface area (Å²) >= 11 is 0.802. The van der Waals surface area contributed by atoms with Gasteiger partial charge in [0.15, 0.2) is 11.5 Å². The molecule has 2 aliphatic rings. The quantitative estimate of drug-likeness (QED) is 0.473. The highest BCUT2D eigenvalue weighted by Gasteiger charge is 2.36. The Morgan fingerprint density at radius 3 is 2.93 bits per heavy atom. The summed E-state index contributed by atoms with van der Waals surface area (Å²) in [6.45, 7) is 4.70. The van der Waals surface area contributed by atoms with Gasteiger partial charge in [0.2, 0.25) is 5.91 Å². The van der Waals surface area contributed by atoms with Gasteiger partial charge in [-0.05, 0) is 48.4 Å². The number of nitrogens with one attached hydrogen (secondary N) is 1. The Bertz CT molecular complexity index is 863. The van der Waals surface area contributed by atoms with Crippen LogP contribution in [0.25, 0.3) is 6.08 Å². The molecule has 0 radical (unpaired) electrons. The molecule has 2 heterocycles. The van der Waals surface area contributed by atoms with Crippen LogP contribution in [0.15, 0.2) is 35.8 Å². The second-order valence-electron chi connectivity index (χ2n) is 6.72. The van der Waals surface area contributed by atoms with E-state index in [1.165, 1.54) is 7.11 Å². The molecule has 1 N–H and O–H groups in total. The van der Waals surface area contributed by atoms with Crippen molar-refractivity contribution < 1.29 is 28.6 Å². The highest BCUT2D eigenvalue weighted by molar-refractivity contribution is 8.18. The van der Waals surface area contributed by atoms with E-state index in [1.54, 1.807) is 30.4 Å². The number of hydrogen-bond donors (Lipinski definition) is 1. The highest BCUT2D eigenvalue weighted by Crippen LogP contribution is 2.34. The van der Waals surface area contributed by atoms with Gasteiger partial charge in [0.25, 0.3) is 11.1 Å². The van der Waals surface area contributed by atoms with Crippen molar-refractivity contribution in [3.05, 3.63) is 41.3 Å². The summed E-state index contributed by atoms with van der Waals surface area (Å²) in [5.74, 6) is 0.159. The minimum atomic E-state index is -0.497. The molecule has 3 amide bonds. The third-order valence-electron chi connectivity index (χ3n) is 4.57. The highest BCUT2D eigenvalue weighted by atomic mass is 32.2. The molecule has 1 aromatic carbocycles. The fraction of sp³-hybridized carbons (Fsp3) is 0.381. The number of imide groups is 1. The molecule has 2 saturated heterocycles. The van der Waals surface area contributed by atoms with Crippen molar-refractivity contribution in [3.63, 3.8) is 0 Å². The minimum absolute atomic E-state index is 0.00262. The topological polar surface area (TPSA) is 94.2 Å². The largest absolute Gasteiger partial charge is 0.493 e.